The van der Waals surface area contributed by atoms with Crippen LogP contribution in [0, 0.1) is 11.3 Å². The van der Waals surface area contributed by atoms with Crippen molar-refractivity contribution in [2.24, 2.45) is 0 Å². The lowest BCUT2D eigenvalue weighted by Crippen LogP contribution is -2.54. The molecule has 3 unspecified atom stereocenters. The van der Waals surface area contributed by atoms with Crippen molar-refractivity contribution in [2.75, 3.05) is 18.5 Å². The van der Waals surface area contributed by atoms with Gasteiger partial charge in [0.25, 0.3) is 0 Å². The highest BCUT2D eigenvalue weighted by Crippen LogP contribution is 2.17. The summed E-state index contributed by atoms with van der Waals surface area (Å²) in [4.78, 5) is 14.5. The molecule has 1 aromatic rings. The highest BCUT2D eigenvalue weighted by Gasteiger charge is 2.30. The van der Waals surface area contributed by atoms with Crippen molar-refractivity contribution >= 4 is 11.6 Å². The summed E-state index contributed by atoms with van der Waals surface area (Å²) in [5.41, 5.74) is 1.19. The van der Waals surface area contributed by atoms with Crippen LogP contribution in [0.3, 0.4) is 0 Å². The third-order valence-corrected chi connectivity index (χ3v) is 3.79. The van der Waals surface area contributed by atoms with Crippen LogP contribution in [-0.2, 0) is 9.53 Å². The van der Waals surface area contributed by atoms with Crippen LogP contribution in [0.15, 0.2) is 24.3 Å². The highest BCUT2D eigenvalue weighted by atomic mass is 16.5. The third kappa shape index (κ3) is 3.81. The van der Waals surface area contributed by atoms with Gasteiger partial charge in [0.05, 0.1) is 30.4 Å². The topological polar surface area (TPSA) is 65.4 Å². The van der Waals surface area contributed by atoms with E-state index in [1.165, 1.54) is 0 Å². The molecule has 21 heavy (non-hydrogen) atoms. The number of amides is 1. The number of nitriles is 1. The molecule has 1 aliphatic rings. The van der Waals surface area contributed by atoms with Gasteiger partial charge in [-0.1, -0.05) is 6.07 Å². The van der Waals surface area contributed by atoms with Gasteiger partial charge in [0.2, 0.25) is 5.91 Å². The Morgan fingerprint density at radius 3 is 3.00 bits per heavy atom. The maximum absolute atomic E-state index is 12.4. The van der Waals surface area contributed by atoms with Crippen molar-refractivity contribution in [1.29, 1.82) is 5.26 Å². The second-order valence-corrected chi connectivity index (χ2v) is 5.55. The average molecular weight is 287 g/mol. The number of carbonyl (C=O) groups is 1. The Labute approximate surface area is 125 Å². The summed E-state index contributed by atoms with van der Waals surface area (Å²) in [5, 5.41) is 11.8. The molecule has 1 saturated heterocycles. The van der Waals surface area contributed by atoms with Gasteiger partial charge in [-0.2, -0.15) is 5.26 Å². The van der Waals surface area contributed by atoms with Crippen molar-refractivity contribution in [3.63, 3.8) is 0 Å². The Kier molecular flexibility index (Phi) is 4.94. The molecule has 1 aliphatic heterocycles. The number of hydrogen-bond donors (Lipinski definition) is 1. The highest BCUT2D eigenvalue weighted by molar-refractivity contribution is 5.94. The number of benzene rings is 1. The van der Waals surface area contributed by atoms with Gasteiger partial charge in [-0.25, -0.2) is 0 Å². The predicted molar refractivity (Wildman–Crippen MR) is 80.8 cm³/mol. The van der Waals surface area contributed by atoms with Crippen molar-refractivity contribution in [1.82, 2.24) is 4.90 Å². The second-order valence-electron chi connectivity index (χ2n) is 5.55. The molecule has 0 saturated carbocycles. The van der Waals surface area contributed by atoms with E-state index >= 15 is 0 Å². The summed E-state index contributed by atoms with van der Waals surface area (Å²) >= 11 is 0. The molecule has 0 bridgehead atoms. The van der Waals surface area contributed by atoms with E-state index in [1.54, 1.807) is 24.3 Å². The summed E-state index contributed by atoms with van der Waals surface area (Å²) < 4.78 is 5.59. The maximum Gasteiger partial charge on any atom is 0.241 e. The Morgan fingerprint density at radius 2 is 2.29 bits per heavy atom. The summed E-state index contributed by atoms with van der Waals surface area (Å²) in [5.74, 6) is -0.0639. The molecule has 1 heterocycles. The number of morpholine rings is 1. The first-order valence-corrected chi connectivity index (χ1v) is 7.19. The van der Waals surface area contributed by atoms with Crippen LogP contribution in [0.5, 0.6) is 0 Å². The Hall–Kier alpha value is -1.90. The van der Waals surface area contributed by atoms with E-state index in [1.807, 2.05) is 13.8 Å². The number of rotatable bonds is 3. The minimum absolute atomic E-state index is 0.0639. The lowest BCUT2D eigenvalue weighted by Gasteiger charge is -2.39. The van der Waals surface area contributed by atoms with Crippen molar-refractivity contribution in [3.8, 4) is 6.07 Å². The fourth-order valence-corrected chi connectivity index (χ4v) is 2.53. The summed E-state index contributed by atoms with van der Waals surface area (Å²) in [6.45, 7) is 7.36. The fraction of sp³-hybridized carbons (Fsp3) is 0.500. The molecule has 5 heteroatoms. The predicted octanol–water partition coefficient (Wildman–Crippen LogP) is 1.99. The first-order valence-electron chi connectivity index (χ1n) is 7.19. The van der Waals surface area contributed by atoms with Crippen molar-refractivity contribution in [2.45, 2.75) is 39.0 Å². The van der Waals surface area contributed by atoms with E-state index < -0.39 is 0 Å². The molecule has 1 fully saturated rings. The van der Waals surface area contributed by atoms with E-state index in [-0.39, 0.29) is 24.1 Å². The normalized spacial score (nSPS) is 24.1. The van der Waals surface area contributed by atoms with Gasteiger partial charge in [0.1, 0.15) is 0 Å². The standard InChI is InChI=1S/C16H21N3O2/c1-11-10-21-12(2)9-19(11)13(3)16(20)18-15-6-4-5-14(7-15)8-17/h4-7,11-13H,9-10H2,1-3H3,(H,18,20). The average Bonchev–Trinajstić information content (AvgIpc) is 2.49. The summed E-state index contributed by atoms with van der Waals surface area (Å²) in [7, 11) is 0. The zero-order chi connectivity index (χ0) is 15.4. The fourth-order valence-electron chi connectivity index (χ4n) is 2.53. The minimum atomic E-state index is -0.239. The van der Waals surface area contributed by atoms with Gasteiger partial charge in [0, 0.05) is 18.3 Å². The largest absolute Gasteiger partial charge is 0.376 e. The Balaban J connectivity index is 2.03. The van der Waals surface area contributed by atoms with Crippen LogP contribution in [0.2, 0.25) is 0 Å². The number of hydrogen-bond acceptors (Lipinski definition) is 4. The minimum Gasteiger partial charge on any atom is -0.376 e. The zero-order valence-corrected chi connectivity index (χ0v) is 12.7. The smallest absolute Gasteiger partial charge is 0.241 e. The molecule has 112 valence electrons. The monoisotopic (exact) mass is 287 g/mol. The molecule has 0 aromatic heterocycles. The summed E-state index contributed by atoms with van der Waals surface area (Å²) in [6, 6.07) is 8.98. The van der Waals surface area contributed by atoms with Gasteiger partial charge in [-0.15, -0.1) is 0 Å². The lowest BCUT2D eigenvalue weighted by atomic mass is 10.1. The number of carbonyl (C=O) groups excluding carboxylic acids is 1. The molecule has 1 amide bonds. The van der Waals surface area contributed by atoms with Crippen LogP contribution >= 0.6 is 0 Å². The lowest BCUT2D eigenvalue weighted by molar-refractivity contribution is -0.126. The van der Waals surface area contributed by atoms with Crippen LogP contribution < -0.4 is 5.32 Å². The Morgan fingerprint density at radius 1 is 1.52 bits per heavy atom. The number of anilines is 1. The van der Waals surface area contributed by atoms with E-state index in [2.05, 4.69) is 23.2 Å². The molecule has 5 nitrogen and oxygen atoms in total. The molecule has 3 atom stereocenters. The van der Waals surface area contributed by atoms with Gasteiger partial charge < -0.3 is 10.1 Å². The molecule has 0 radical (unpaired) electrons. The van der Waals surface area contributed by atoms with E-state index in [9.17, 15) is 4.79 Å². The van der Waals surface area contributed by atoms with E-state index in [0.29, 0.717) is 17.9 Å². The van der Waals surface area contributed by atoms with Gasteiger partial charge >= 0.3 is 0 Å². The second kappa shape index (κ2) is 6.70. The molecular formula is C16H21N3O2. The van der Waals surface area contributed by atoms with Gasteiger partial charge in [-0.05, 0) is 39.0 Å². The molecule has 0 spiro atoms. The Bertz CT molecular complexity index is 553. The number of nitrogens with zero attached hydrogens (tertiary/aromatic N) is 2. The van der Waals surface area contributed by atoms with Crippen molar-refractivity contribution < 1.29 is 9.53 Å². The molecular weight excluding hydrogens is 266 g/mol. The first kappa shape index (κ1) is 15.5. The number of ether oxygens (including phenoxy) is 1. The van der Waals surface area contributed by atoms with Crippen LogP contribution in [-0.4, -0.2) is 42.1 Å². The zero-order valence-electron chi connectivity index (χ0n) is 12.7. The van der Waals surface area contributed by atoms with Crippen molar-refractivity contribution in [3.05, 3.63) is 29.8 Å². The van der Waals surface area contributed by atoms with Gasteiger partial charge in [-0.3, -0.25) is 9.69 Å². The van der Waals surface area contributed by atoms with E-state index in [0.717, 1.165) is 6.54 Å². The molecule has 1 aromatic carbocycles. The molecule has 0 aliphatic carbocycles. The SMILES string of the molecule is CC1CN(C(C)C(=O)Nc2cccc(C#N)c2)C(C)CO1. The first-order chi connectivity index (χ1) is 10.0. The maximum atomic E-state index is 12.4. The quantitative estimate of drug-likeness (QED) is 0.923. The summed E-state index contributed by atoms with van der Waals surface area (Å²) in [6.07, 6.45) is 0.137. The third-order valence-electron chi connectivity index (χ3n) is 3.79. The van der Waals surface area contributed by atoms with Gasteiger partial charge in [0.15, 0.2) is 0 Å². The van der Waals surface area contributed by atoms with E-state index in [4.69, 9.17) is 10.00 Å². The molecule has 2 rings (SSSR count). The van der Waals surface area contributed by atoms with Crippen LogP contribution in [0.1, 0.15) is 26.3 Å². The number of nitrogens with one attached hydrogen (secondary N) is 1. The van der Waals surface area contributed by atoms with Crippen LogP contribution in [0.4, 0.5) is 5.69 Å². The van der Waals surface area contributed by atoms with Crippen LogP contribution in [0.25, 0.3) is 0 Å². The molecule has 1 N–H and O–H groups in total.